The van der Waals surface area contributed by atoms with E-state index in [1.807, 2.05) is 0 Å². The maximum atomic E-state index is 6.10. The van der Waals surface area contributed by atoms with Crippen molar-refractivity contribution in [3.05, 3.63) is 0 Å². The van der Waals surface area contributed by atoms with Gasteiger partial charge in [0.1, 0.15) is 18.7 Å². The van der Waals surface area contributed by atoms with Gasteiger partial charge in [-0.3, -0.25) is 25.7 Å². The Kier molecular flexibility index (Phi) is 6.44. The molecule has 0 radical (unpaired) electrons. The molecule has 5 saturated heterocycles. The molecule has 0 amide bonds. The predicted molar refractivity (Wildman–Crippen MR) is 105 cm³/mol. The van der Waals surface area contributed by atoms with Crippen LogP contribution in [0.15, 0.2) is 0 Å². The summed E-state index contributed by atoms with van der Waals surface area (Å²) in [6.45, 7) is 8.42. The number of ether oxygens (including phenoxy) is 1. The number of nitrogens with two attached hydrogens (primary N) is 1. The van der Waals surface area contributed by atoms with E-state index in [1.165, 1.54) is 38.6 Å². The zero-order valence-electron chi connectivity index (χ0n) is 16.9. The highest BCUT2D eigenvalue weighted by atomic mass is 16.7. The summed E-state index contributed by atoms with van der Waals surface area (Å²) in [5, 5.41) is 13.6. The average Bonchev–Trinajstić information content (AvgIpc) is 3.45. The molecule has 0 aromatic rings. The minimum Gasteiger partial charge on any atom is -0.379 e. The van der Waals surface area contributed by atoms with Gasteiger partial charge in [0.25, 0.3) is 0 Å². The lowest BCUT2D eigenvalue weighted by atomic mass is 9.92. The van der Waals surface area contributed by atoms with Gasteiger partial charge in [0.15, 0.2) is 0 Å². The average molecular weight is 397 g/mol. The lowest BCUT2D eigenvalue weighted by Crippen LogP contribution is -2.96. The molecule has 28 heavy (non-hydrogen) atoms. The molecule has 6 N–H and O–H groups in total. The summed E-state index contributed by atoms with van der Waals surface area (Å²) in [7, 11) is 0. The molecule has 5 aliphatic rings. The molecule has 9 heteroatoms. The number of likely N-dealkylation sites (tertiary alicyclic amines) is 1. The van der Waals surface area contributed by atoms with Crippen molar-refractivity contribution in [3.63, 3.8) is 0 Å². The molecule has 9 nitrogen and oxygen atoms in total. The van der Waals surface area contributed by atoms with Crippen molar-refractivity contribution < 1.29 is 14.9 Å². The van der Waals surface area contributed by atoms with Crippen molar-refractivity contribution in [1.29, 1.82) is 0 Å². The molecule has 0 spiro atoms. The lowest BCUT2D eigenvalue weighted by Gasteiger charge is -2.39. The first-order valence-corrected chi connectivity index (χ1v) is 11.4. The van der Waals surface area contributed by atoms with Gasteiger partial charge in [-0.2, -0.15) is 5.48 Å². The Hall–Kier alpha value is -0.360. The van der Waals surface area contributed by atoms with Crippen LogP contribution in [0.5, 0.6) is 0 Å². The normalized spacial score (nSPS) is 42.2. The van der Waals surface area contributed by atoms with Crippen LogP contribution in [0.4, 0.5) is 0 Å². The van der Waals surface area contributed by atoms with Crippen LogP contribution in [-0.2, 0) is 9.57 Å². The summed E-state index contributed by atoms with van der Waals surface area (Å²) in [5.41, 5.74) is 3.36. The van der Waals surface area contributed by atoms with Crippen LogP contribution in [0.2, 0.25) is 0 Å². The highest BCUT2D eigenvalue weighted by Gasteiger charge is 2.44. The number of piperidine rings is 1. The summed E-state index contributed by atoms with van der Waals surface area (Å²) in [6, 6.07) is 0.422. The Balaban J connectivity index is 1.16. The van der Waals surface area contributed by atoms with Gasteiger partial charge >= 0.3 is 0 Å². The Morgan fingerprint density at radius 2 is 1.82 bits per heavy atom. The first-order chi connectivity index (χ1) is 13.9. The van der Waals surface area contributed by atoms with Gasteiger partial charge < -0.3 is 10.1 Å². The largest absolute Gasteiger partial charge is 0.379 e. The molecule has 0 aliphatic carbocycles. The molecule has 5 heterocycles. The van der Waals surface area contributed by atoms with E-state index < -0.39 is 0 Å². The highest BCUT2D eigenvalue weighted by Crippen LogP contribution is 2.27. The SMILES string of the molecule is C1CNC(N2CCCC2C2NC(C3CC[NH2+]C(N4CCOCC4)C3)NO2)NC1. The standard InChI is InChI=1S/C19H37N7O2/c1-3-15(26(8-1)19-21-5-2-6-22-19)18-23-17(24-28-18)14-4-7-20-16(13-14)25-9-11-27-12-10-25/h14-24H,1-13H2/p+1. The maximum Gasteiger partial charge on any atom is 0.146 e. The Bertz CT molecular complexity index is 501. The second-order valence-electron chi connectivity index (χ2n) is 8.94. The van der Waals surface area contributed by atoms with Crippen molar-refractivity contribution in [3.8, 4) is 0 Å². The first-order valence-electron chi connectivity index (χ1n) is 11.4. The number of nitrogens with zero attached hydrogens (tertiary/aromatic N) is 2. The number of hydrogen-bond acceptors (Lipinski definition) is 8. The van der Waals surface area contributed by atoms with Crippen molar-refractivity contribution in [2.75, 3.05) is 52.5 Å². The van der Waals surface area contributed by atoms with Gasteiger partial charge in [-0.1, -0.05) is 0 Å². The fourth-order valence-corrected chi connectivity index (χ4v) is 5.68. The zero-order valence-corrected chi connectivity index (χ0v) is 16.9. The van der Waals surface area contributed by atoms with Gasteiger partial charge in [0.2, 0.25) is 0 Å². The van der Waals surface area contributed by atoms with E-state index in [0.29, 0.717) is 24.4 Å². The summed E-state index contributed by atoms with van der Waals surface area (Å²) in [5.74, 6) is 0.614. The summed E-state index contributed by atoms with van der Waals surface area (Å²) < 4.78 is 5.53. The van der Waals surface area contributed by atoms with Crippen molar-refractivity contribution in [1.82, 2.24) is 31.2 Å². The van der Waals surface area contributed by atoms with E-state index in [2.05, 4.69) is 36.5 Å². The van der Waals surface area contributed by atoms with Crippen LogP contribution in [0.25, 0.3) is 0 Å². The van der Waals surface area contributed by atoms with E-state index in [-0.39, 0.29) is 12.4 Å². The van der Waals surface area contributed by atoms with E-state index in [0.717, 1.165) is 45.9 Å². The quantitative estimate of drug-likeness (QED) is 0.364. The first kappa shape index (κ1) is 19.6. The number of hydroxylamine groups is 1. The zero-order chi connectivity index (χ0) is 18.8. The number of morpholine rings is 1. The molecule has 0 bridgehead atoms. The third kappa shape index (κ3) is 4.23. The molecule has 0 saturated carbocycles. The second-order valence-corrected chi connectivity index (χ2v) is 8.94. The molecule has 5 unspecified atom stereocenters. The summed E-state index contributed by atoms with van der Waals surface area (Å²) >= 11 is 0. The third-order valence-electron chi connectivity index (χ3n) is 7.22. The number of quaternary nitrogens is 1. The third-order valence-corrected chi connectivity index (χ3v) is 7.22. The van der Waals surface area contributed by atoms with E-state index in [4.69, 9.17) is 9.57 Å². The van der Waals surface area contributed by atoms with Gasteiger partial charge in [0.05, 0.1) is 32.0 Å². The fourth-order valence-electron chi connectivity index (χ4n) is 5.68. The molecule has 160 valence electrons. The highest BCUT2D eigenvalue weighted by molar-refractivity contribution is 4.92. The minimum atomic E-state index is 0.0748. The van der Waals surface area contributed by atoms with Gasteiger partial charge in [0, 0.05) is 38.4 Å². The minimum absolute atomic E-state index is 0.0748. The predicted octanol–water partition coefficient (Wildman–Crippen LogP) is -2.27. The molecule has 0 aromatic carbocycles. The van der Waals surface area contributed by atoms with Gasteiger partial charge in [-0.05, 0) is 32.4 Å². The topological polar surface area (TPSA) is 89.7 Å². The van der Waals surface area contributed by atoms with Gasteiger partial charge in [-0.15, -0.1) is 0 Å². The Labute approximate surface area is 168 Å². The lowest BCUT2D eigenvalue weighted by molar-refractivity contribution is -0.720. The molecule has 5 aliphatic heterocycles. The Morgan fingerprint density at radius 3 is 2.68 bits per heavy atom. The maximum absolute atomic E-state index is 6.10. The van der Waals surface area contributed by atoms with Gasteiger partial charge in [-0.25, -0.2) is 4.90 Å². The van der Waals surface area contributed by atoms with Crippen LogP contribution in [0.3, 0.4) is 0 Å². The van der Waals surface area contributed by atoms with Crippen LogP contribution in [0.1, 0.15) is 32.1 Å². The number of rotatable bonds is 4. The number of hydrogen-bond donors (Lipinski definition) is 5. The molecular formula is C19H38N7O2+. The summed E-state index contributed by atoms with van der Waals surface area (Å²) in [6.07, 6.45) is 7.31. The second kappa shape index (κ2) is 9.20. The summed E-state index contributed by atoms with van der Waals surface area (Å²) in [4.78, 5) is 11.3. The molecule has 0 aromatic heterocycles. The van der Waals surface area contributed by atoms with E-state index in [9.17, 15) is 0 Å². The van der Waals surface area contributed by atoms with Crippen molar-refractivity contribution in [2.45, 2.75) is 63.0 Å². The molecular weight excluding hydrogens is 358 g/mol. The molecule has 5 fully saturated rings. The van der Waals surface area contributed by atoms with E-state index >= 15 is 0 Å². The smallest absolute Gasteiger partial charge is 0.146 e. The Morgan fingerprint density at radius 1 is 0.964 bits per heavy atom. The van der Waals surface area contributed by atoms with E-state index in [1.54, 1.807) is 0 Å². The van der Waals surface area contributed by atoms with Crippen LogP contribution in [0, 0.1) is 5.92 Å². The molecule has 5 rings (SSSR count). The van der Waals surface area contributed by atoms with Crippen LogP contribution in [-0.4, -0.2) is 93.2 Å². The van der Waals surface area contributed by atoms with Crippen LogP contribution >= 0.6 is 0 Å². The fraction of sp³-hybridized carbons (Fsp3) is 1.00. The van der Waals surface area contributed by atoms with Crippen LogP contribution < -0.4 is 26.7 Å². The van der Waals surface area contributed by atoms with Crippen molar-refractivity contribution >= 4 is 0 Å². The monoisotopic (exact) mass is 396 g/mol. The molecule has 5 atom stereocenters. The van der Waals surface area contributed by atoms with Crippen molar-refractivity contribution in [2.24, 2.45) is 5.92 Å². The number of nitrogens with one attached hydrogen (secondary N) is 4.